The minimum atomic E-state index is -5.57. The number of carbonyl (C=O) groups is 1. The second kappa shape index (κ2) is 5.45. The van der Waals surface area contributed by atoms with E-state index in [-0.39, 0.29) is 6.04 Å². The van der Waals surface area contributed by atoms with Crippen LogP contribution in [0.5, 0.6) is 0 Å². The van der Waals surface area contributed by atoms with Crippen molar-refractivity contribution in [2.45, 2.75) is 37.0 Å². The van der Waals surface area contributed by atoms with Gasteiger partial charge in [-0.3, -0.25) is 9.35 Å². The molecule has 1 saturated carbocycles. The maximum absolute atomic E-state index is 12.8. The van der Waals surface area contributed by atoms with Crippen molar-refractivity contribution < 1.29 is 31.3 Å². The molecular formula is C9H15F2NO5S. The average molecular weight is 287 g/mol. The van der Waals surface area contributed by atoms with E-state index in [1.807, 2.05) is 0 Å². The Bertz CT molecular complexity index is 403. The molecule has 1 fully saturated rings. The third-order valence-corrected chi connectivity index (χ3v) is 3.74. The van der Waals surface area contributed by atoms with Gasteiger partial charge in [0.2, 0.25) is 0 Å². The van der Waals surface area contributed by atoms with Crippen molar-refractivity contribution in [1.82, 2.24) is 0 Å². The van der Waals surface area contributed by atoms with Gasteiger partial charge < -0.3 is 10.5 Å². The molecule has 106 valence electrons. The third kappa shape index (κ3) is 3.85. The topological polar surface area (TPSA) is 107 Å². The normalized spacial score (nSPS) is 25.8. The molecule has 0 unspecified atom stereocenters. The van der Waals surface area contributed by atoms with Crippen molar-refractivity contribution in [1.29, 1.82) is 0 Å². The molecule has 0 aromatic heterocycles. The lowest BCUT2D eigenvalue weighted by molar-refractivity contribution is -0.155. The highest BCUT2D eigenvalue weighted by Gasteiger charge is 2.46. The van der Waals surface area contributed by atoms with E-state index in [2.05, 4.69) is 4.74 Å². The number of alkyl halides is 2. The van der Waals surface area contributed by atoms with Crippen molar-refractivity contribution >= 4 is 16.1 Å². The van der Waals surface area contributed by atoms with Crippen LogP contribution in [-0.2, 0) is 19.6 Å². The monoisotopic (exact) mass is 287 g/mol. The Morgan fingerprint density at radius 1 is 1.33 bits per heavy atom. The van der Waals surface area contributed by atoms with Crippen LogP contribution in [0.2, 0.25) is 0 Å². The van der Waals surface area contributed by atoms with Crippen LogP contribution in [0.4, 0.5) is 8.78 Å². The molecule has 0 heterocycles. The first-order valence-electron chi connectivity index (χ1n) is 5.40. The fourth-order valence-corrected chi connectivity index (χ4v) is 1.91. The Kier molecular flexibility index (Phi) is 4.62. The van der Waals surface area contributed by atoms with E-state index in [4.69, 9.17) is 10.3 Å². The highest BCUT2D eigenvalue weighted by molar-refractivity contribution is 7.86. The number of esters is 1. The van der Waals surface area contributed by atoms with Crippen LogP contribution in [0.25, 0.3) is 0 Å². The average Bonchev–Trinajstić information content (AvgIpc) is 2.25. The van der Waals surface area contributed by atoms with Crippen molar-refractivity contribution in [3.63, 3.8) is 0 Å². The first kappa shape index (κ1) is 15.3. The number of nitrogens with two attached hydrogens (primary N) is 1. The molecule has 9 heteroatoms. The molecule has 0 amide bonds. The second-order valence-electron chi connectivity index (χ2n) is 4.33. The standard InChI is InChI=1S/C9H15F2NO5S/c10-9(11,18(14,15)16)5-17-8(13)6-1-3-7(12)4-2-6/h6-7H,1-5,12H2,(H,14,15,16). The number of rotatable bonds is 4. The zero-order valence-corrected chi connectivity index (χ0v) is 10.3. The Balaban J connectivity index is 2.47. The van der Waals surface area contributed by atoms with Crippen LogP contribution in [-0.4, -0.2) is 36.8 Å². The largest absolute Gasteiger partial charge is 0.458 e. The molecule has 0 aromatic carbocycles. The maximum Gasteiger partial charge on any atom is 0.402 e. The predicted molar refractivity (Wildman–Crippen MR) is 57.4 cm³/mol. The molecule has 0 radical (unpaired) electrons. The van der Waals surface area contributed by atoms with Gasteiger partial charge in [-0.15, -0.1) is 0 Å². The van der Waals surface area contributed by atoms with Crippen LogP contribution >= 0.6 is 0 Å². The quantitative estimate of drug-likeness (QED) is 0.577. The summed E-state index contributed by atoms with van der Waals surface area (Å²) < 4.78 is 58.6. The van der Waals surface area contributed by atoms with Crippen molar-refractivity contribution in [2.75, 3.05) is 6.61 Å². The van der Waals surface area contributed by atoms with Crippen LogP contribution in [0.3, 0.4) is 0 Å². The summed E-state index contributed by atoms with van der Waals surface area (Å²) in [5, 5.41) is -4.48. The highest BCUT2D eigenvalue weighted by atomic mass is 32.2. The molecule has 0 spiro atoms. The zero-order valence-electron chi connectivity index (χ0n) is 9.51. The van der Waals surface area contributed by atoms with Crippen molar-refractivity contribution in [3.05, 3.63) is 0 Å². The van der Waals surface area contributed by atoms with Crippen molar-refractivity contribution in [2.24, 2.45) is 11.7 Å². The third-order valence-electron chi connectivity index (χ3n) is 2.87. The first-order chi connectivity index (χ1) is 8.13. The summed E-state index contributed by atoms with van der Waals surface area (Å²) in [5.41, 5.74) is 5.61. The van der Waals surface area contributed by atoms with Gasteiger partial charge >= 0.3 is 21.3 Å². The highest BCUT2D eigenvalue weighted by Crippen LogP contribution is 2.26. The Labute approximate surface area is 103 Å². The maximum atomic E-state index is 12.8. The van der Waals surface area contributed by atoms with Gasteiger partial charge in [0.1, 0.15) is 0 Å². The van der Waals surface area contributed by atoms with Gasteiger partial charge in [-0.2, -0.15) is 17.2 Å². The van der Waals surface area contributed by atoms with E-state index in [1.54, 1.807) is 0 Å². The second-order valence-corrected chi connectivity index (χ2v) is 5.88. The van der Waals surface area contributed by atoms with Gasteiger partial charge in [0, 0.05) is 6.04 Å². The molecule has 3 N–H and O–H groups in total. The molecule has 6 nitrogen and oxygen atoms in total. The number of halogens is 2. The van der Waals surface area contributed by atoms with E-state index < -0.39 is 33.9 Å². The van der Waals surface area contributed by atoms with Crippen molar-refractivity contribution in [3.8, 4) is 0 Å². The molecule has 1 aliphatic rings. The van der Waals surface area contributed by atoms with Gasteiger partial charge in [0.15, 0.2) is 6.61 Å². The Morgan fingerprint density at radius 3 is 2.28 bits per heavy atom. The molecular weight excluding hydrogens is 272 g/mol. The summed E-state index contributed by atoms with van der Waals surface area (Å²) in [6.07, 6.45) is 2.04. The van der Waals surface area contributed by atoms with Gasteiger partial charge in [-0.25, -0.2) is 0 Å². The molecule has 0 bridgehead atoms. The molecule has 0 aliphatic heterocycles. The summed E-state index contributed by atoms with van der Waals surface area (Å²) in [6.45, 7) is -1.67. The fraction of sp³-hybridized carbons (Fsp3) is 0.889. The summed E-state index contributed by atoms with van der Waals surface area (Å²) in [7, 11) is -5.57. The molecule has 0 aromatic rings. The predicted octanol–water partition coefficient (Wildman–Crippen LogP) is 0.528. The van der Waals surface area contributed by atoms with E-state index in [9.17, 15) is 22.0 Å². The van der Waals surface area contributed by atoms with Gasteiger partial charge in [0.25, 0.3) is 0 Å². The lowest BCUT2D eigenvalue weighted by Gasteiger charge is -2.25. The zero-order chi connectivity index (χ0) is 14.0. The summed E-state index contributed by atoms with van der Waals surface area (Å²) in [4.78, 5) is 11.4. The molecule has 0 atom stereocenters. The van der Waals surface area contributed by atoms with Crippen LogP contribution in [0.1, 0.15) is 25.7 Å². The number of hydrogen-bond donors (Lipinski definition) is 2. The van der Waals surface area contributed by atoms with E-state index >= 15 is 0 Å². The summed E-state index contributed by atoms with van der Waals surface area (Å²) >= 11 is 0. The Hall–Kier alpha value is -0.800. The lowest BCUT2D eigenvalue weighted by atomic mass is 9.86. The summed E-state index contributed by atoms with van der Waals surface area (Å²) in [5.74, 6) is -1.42. The molecule has 0 saturated heterocycles. The van der Waals surface area contributed by atoms with E-state index in [0.29, 0.717) is 25.7 Å². The summed E-state index contributed by atoms with van der Waals surface area (Å²) in [6, 6.07) is -0.00619. The van der Waals surface area contributed by atoms with Crippen LogP contribution in [0, 0.1) is 5.92 Å². The smallest absolute Gasteiger partial charge is 0.402 e. The van der Waals surface area contributed by atoms with Gasteiger partial charge in [0.05, 0.1) is 5.92 Å². The lowest BCUT2D eigenvalue weighted by Crippen LogP contribution is -2.37. The molecule has 1 rings (SSSR count). The van der Waals surface area contributed by atoms with Crippen LogP contribution in [0.15, 0.2) is 0 Å². The van der Waals surface area contributed by atoms with Gasteiger partial charge in [-0.1, -0.05) is 0 Å². The van der Waals surface area contributed by atoms with E-state index in [0.717, 1.165) is 0 Å². The molecule has 1 aliphatic carbocycles. The van der Waals surface area contributed by atoms with Gasteiger partial charge in [-0.05, 0) is 25.7 Å². The number of carbonyl (C=O) groups excluding carboxylic acids is 1. The minimum absolute atomic E-state index is 0.00619. The molecule has 18 heavy (non-hydrogen) atoms. The van der Waals surface area contributed by atoms with Crippen LogP contribution < -0.4 is 5.73 Å². The van der Waals surface area contributed by atoms with E-state index in [1.165, 1.54) is 0 Å². The SMILES string of the molecule is NC1CCC(C(=O)OCC(F)(F)S(=O)(=O)O)CC1. The minimum Gasteiger partial charge on any atom is -0.458 e. The fourth-order valence-electron chi connectivity index (χ4n) is 1.70. The Morgan fingerprint density at radius 2 is 1.83 bits per heavy atom. The first-order valence-corrected chi connectivity index (χ1v) is 6.84. The number of ether oxygens (including phenoxy) is 1. The number of hydrogen-bond acceptors (Lipinski definition) is 5.